The van der Waals surface area contributed by atoms with Crippen LogP contribution in [-0.4, -0.2) is 45.3 Å². The number of hydrogen-bond donors (Lipinski definition) is 3. The van der Waals surface area contributed by atoms with Crippen LogP contribution in [0.4, 0.5) is 0 Å². The molecule has 1 aliphatic rings. The molecule has 0 aliphatic heterocycles. The van der Waals surface area contributed by atoms with E-state index in [1.807, 2.05) is 0 Å². The Morgan fingerprint density at radius 2 is 1.70 bits per heavy atom. The van der Waals surface area contributed by atoms with E-state index >= 15 is 0 Å². The minimum atomic E-state index is -0.253. The zero-order valence-corrected chi connectivity index (χ0v) is 11.5. The van der Waals surface area contributed by atoms with Gasteiger partial charge >= 0.3 is 0 Å². The van der Waals surface area contributed by atoms with Crippen molar-refractivity contribution in [3.05, 3.63) is 23.8 Å². The Kier molecular flexibility index (Phi) is 4.84. The Balaban J connectivity index is 2.20. The van der Waals surface area contributed by atoms with Crippen LogP contribution >= 0.6 is 0 Å². The van der Waals surface area contributed by atoms with Crippen LogP contribution in [0.1, 0.15) is 42.5 Å². The second kappa shape index (κ2) is 6.61. The van der Waals surface area contributed by atoms with Gasteiger partial charge in [0.25, 0.3) is 5.91 Å². The van der Waals surface area contributed by atoms with E-state index in [4.69, 9.17) is 0 Å². The van der Waals surface area contributed by atoms with Gasteiger partial charge in [0.15, 0.2) is 0 Å². The first-order chi connectivity index (χ1) is 9.61. The number of phenolic OH excluding ortho intramolecular Hbond substituents is 2. The number of carbonyl (C=O) groups excluding carboxylic acids is 1. The molecular weight excluding hydrogens is 258 g/mol. The first-order valence-corrected chi connectivity index (χ1v) is 7.06. The summed E-state index contributed by atoms with van der Waals surface area (Å²) in [5.41, 5.74) is 0.251. The van der Waals surface area contributed by atoms with Gasteiger partial charge in [-0.1, -0.05) is 19.3 Å². The Bertz CT molecular complexity index is 449. The molecule has 0 bridgehead atoms. The van der Waals surface area contributed by atoms with E-state index in [-0.39, 0.29) is 42.2 Å². The van der Waals surface area contributed by atoms with E-state index in [2.05, 4.69) is 0 Å². The van der Waals surface area contributed by atoms with E-state index in [9.17, 15) is 20.1 Å². The van der Waals surface area contributed by atoms with Gasteiger partial charge < -0.3 is 20.2 Å². The predicted octanol–water partition coefficient (Wildman–Crippen LogP) is 1.86. The topological polar surface area (TPSA) is 81.0 Å². The lowest BCUT2D eigenvalue weighted by Crippen LogP contribution is -2.43. The molecule has 0 radical (unpaired) electrons. The van der Waals surface area contributed by atoms with Crippen molar-refractivity contribution in [1.29, 1.82) is 0 Å². The van der Waals surface area contributed by atoms with Crippen LogP contribution in [-0.2, 0) is 0 Å². The van der Waals surface area contributed by atoms with Crippen molar-refractivity contribution in [1.82, 2.24) is 4.90 Å². The first-order valence-electron chi connectivity index (χ1n) is 7.06. The zero-order valence-electron chi connectivity index (χ0n) is 11.5. The number of carbonyl (C=O) groups is 1. The van der Waals surface area contributed by atoms with Crippen LogP contribution in [0, 0.1) is 0 Å². The zero-order chi connectivity index (χ0) is 14.5. The highest BCUT2D eigenvalue weighted by Gasteiger charge is 2.26. The molecule has 5 heteroatoms. The summed E-state index contributed by atoms with van der Waals surface area (Å²) in [5, 5.41) is 28.1. The standard InChI is InChI=1S/C15H21NO4/c17-7-6-16(12-4-2-1-3-5-12)15(20)11-8-13(18)10-14(19)9-11/h8-10,12,17-19H,1-7H2. The van der Waals surface area contributed by atoms with Crippen molar-refractivity contribution >= 4 is 5.91 Å². The Labute approximate surface area is 118 Å². The molecule has 0 heterocycles. The molecule has 20 heavy (non-hydrogen) atoms. The van der Waals surface area contributed by atoms with Gasteiger partial charge in [-0.15, -0.1) is 0 Å². The molecule has 0 unspecified atom stereocenters. The van der Waals surface area contributed by atoms with Crippen LogP contribution in [0.2, 0.25) is 0 Å². The van der Waals surface area contributed by atoms with Gasteiger partial charge in [-0.3, -0.25) is 4.79 Å². The summed E-state index contributed by atoms with van der Waals surface area (Å²) in [4.78, 5) is 14.2. The monoisotopic (exact) mass is 279 g/mol. The van der Waals surface area contributed by atoms with Gasteiger partial charge in [0.2, 0.25) is 0 Å². The van der Waals surface area contributed by atoms with E-state index < -0.39 is 0 Å². The minimum Gasteiger partial charge on any atom is -0.508 e. The van der Waals surface area contributed by atoms with Crippen molar-refractivity contribution in [2.45, 2.75) is 38.1 Å². The average molecular weight is 279 g/mol. The smallest absolute Gasteiger partial charge is 0.254 e. The maximum absolute atomic E-state index is 12.5. The van der Waals surface area contributed by atoms with Crippen LogP contribution in [0.3, 0.4) is 0 Å². The first kappa shape index (κ1) is 14.7. The van der Waals surface area contributed by atoms with Crippen molar-refractivity contribution in [3.63, 3.8) is 0 Å². The van der Waals surface area contributed by atoms with Gasteiger partial charge in [-0.25, -0.2) is 0 Å². The largest absolute Gasteiger partial charge is 0.508 e. The number of aliphatic hydroxyl groups is 1. The second-order valence-corrected chi connectivity index (χ2v) is 5.25. The number of phenols is 2. The summed E-state index contributed by atoms with van der Waals surface area (Å²) in [7, 11) is 0. The summed E-state index contributed by atoms with van der Waals surface area (Å²) in [6, 6.07) is 4.01. The maximum atomic E-state index is 12.5. The molecular formula is C15H21NO4. The van der Waals surface area contributed by atoms with Gasteiger partial charge in [-0.2, -0.15) is 0 Å². The van der Waals surface area contributed by atoms with E-state index in [1.165, 1.54) is 24.6 Å². The van der Waals surface area contributed by atoms with Gasteiger partial charge in [0.1, 0.15) is 11.5 Å². The Morgan fingerprint density at radius 3 is 2.25 bits per heavy atom. The third-order valence-corrected chi connectivity index (χ3v) is 3.77. The van der Waals surface area contributed by atoms with Crippen molar-refractivity contribution in [2.24, 2.45) is 0 Å². The number of amides is 1. The van der Waals surface area contributed by atoms with Crippen molar-refractivity contribution in [2.75, 3.05) is 13.2 Å². The summed E-state index contributed by atoms with van der Waals surface area (Å²) in [6.45, 7) is 0.187. The molecule has 1 amide bonds. The predicted molar refractivity (Wildman–Crippen MR) is 74.8 cm³/mol. The highest BCUT2D eigenvalue weighted by atomic mass is 16.3. The summed E-state index contributed by atoms with van der Waals surface area (Å²) >= 11 is 0. The summed E-state index contributed by atoms with van der Waals surface area (Å²) in [5.74, 6) is -0.529. The Hall–Kier alpha value is -1.75. The molecule has 5 nitrogen and oxygen atoms in total. The molecule has 1 aliphatic carbocycles. The molecule has 0 aromatic heterocycles. The molecule has 3 N–H and O–H groups in total. The highest BCUT2D eigenvalue weighted by Crippen LogP contribution is 2.26. The van der Waals surface area contributed by atoms with Crippen LogP contribution in [0.25, 0.3) is 0 Å². The Morgan fingerprint density at radius 1 is 1.10 bits per heavy atom. The fourth-order valence-corrected chi connectivity index (χ4v) is 2.83. The molecule has 1 aromatic carbocycles. The summed E-state index contributed by atoms with van der Waals surface area (Å²) < 4.78 is 0. The fourth-order valence-electron chi connectivity index (χ4n) is 2.83. The maximum Gasteiger partial charge on any atom is 0.254 e. The molecule has 0 saturated heterocycles. The van der Waals surface area contributed by atoms with Crippen LogP contribution in [0.5, 0.6) is 11.5 Å². The van der Waals surface area contributed by atoms with Crippen LogP contribution < -0.4 is 0 Å². The van der Waals surface area contributed by atoms with E-state index in [0.717, 1.165) is 25.7 Å². The second-order valence-electron chi connectivity index (χ2n) is 5.25. The molecule has 1 fully saturated rings. The average Bonchev–Trinajstić information content (AvgIpc) is 2.44. The highest BCUT2D eigenvalue weighted by molar-refractivity contribution is 5.95. The lowest BCUT2D eigenvalue weighted by Gasteiger charge is -2.34. The fraction of sp³-hybridized carbons (Fsp3) is 0.533. The van der Waals surface area contributed by atoms with Crippen molar-refractivity contribution < 1.29 is 20.1 Å². The normalized spacial score (nSPS) is 16.1. The third kappa shape index (κ3) is 3.42. The molecule has 110 valence electrons. The number of aromatic hydroxyl groups is 2. The number of hydrogen-bond acceptors (Lipinski definition) is 4. The van der Waals surface area contributed by atoms with Gasteiger partial charge in [0, 0.05) is 24.2 Å². The quantitative estimate of drug-likeness (QED) is 0.786. The number of aliphatic hydroxyl groups excluding tert-OH is 1. The van der Waals surface area contributed by atoms with Crippen molar-refractivity contribution in [3.8, 4) is 11.5 Å². The third-order valence-electron chi connectivity index (χ3n) is 3.77. The molecule has 1 aromatic rings. The van der Waals surface area contributed by atoms with Gasteiger partial charge in [0.05, 0.1) is 6.61 Å². The lowest BCUT2D eigenvalue weighted by molar-refractivity contribution is 0.0584. The molecule has 0 atom stereocenters. The summed E-state index contributed by atoms with van der Waals surface area (Å²) in [6.07, 6.45) is 5.24. The van der Waals surface area contributed by atoms with Crippen LogP contribution in [0.15, 0.2) is 18.2 Å². The van der Waals surface area contributed by atoms with Gasteiger partial charge in [-0.05, 0) is 25.0 Å². The minimum absolute atomic E-state index is 0.0902. The van der Waals surface area contributed by atoms with E-state index in [0.29, 0.717) is 0 Å². The number of nitrogens with zero attached hydrogens (tertiary/aromatic N) is 1. The SMILES string of the molecule is O=C(c1cc(O)cc(O)c1)N(CCO)C1CCCCC1. The number of rotatable bonds is 4. The molecule has 1 saturated carbocycles. The molecule has 2 rings (SSSR count). The lowest BCUT2D eigenvalue weighted by atomic mass is 9.93. The molecule has 0 spiro atoms. The van der Waals surface area contributed by atoms with E-state index in [1.54, 1.807) is 4.90 Å². The number of benzene rings is 1.